The topological polar surface area (TPSA) is 29.9 Å². The Morgan fingerprint density at radius 3 is 2.69 bits per heavy atom. The third-order valence-corrected chi connectivity index (χ3v) is 3.83. The van der Waals surface area contributed by atoms with Crippen LogP contribution in [-0.2, 0) is 6.54 Å². The molecule has 88 valence electrons. The summed E-state index contributed by atoms with van der Waals surface area (Å²) in [5.41, 5.74) is 1.22. The highest BCUT2D eigenvalue weighted by Crippen LogP contribution is 2.41. The van der Waals surface area contributed by atoms with Gasteiger partial charge in [0.1, 0.15) is 5.82 Å². The van der Waals surface area contributed by atoms with Crippen LogP contribution in [-0.4, -0.2) is 16.6 Å². The molecule has 0 aliphatic heterocycles. The zero-order chi connectivity index (χ0) is 11.0. The Bertz CT molecular complexity index is 359. The zero-order valence-corrected chi connectivity index (χ0v) is 10.1. The van der Waals surface area contributed by atoms with Crippen molar-refractivity contribution in [3.05, 3.63) is 17.7 Å². The van der Waals surface area contributed by atoms with Gasteiger partial charge < -0.3 is 9.88 Å². The molecule has 2 saturated carbocycles. The van der Waals surface area contributed by atoms with Crippen molar-refractivity contribution in [2.75, 3.05) is 7.05 Å². The van der Waals surface area contributed by atoms with E-state index in [1.54, 1.807) is 0 Å². The summed E-state index contributed by atoms with van der Waals surface area (Å²) in [4.78, 5) is 4.84. The van der Waals surface area contributed by atoms with Gasteiger partial charge in [0, 0.05) is 24.7 Å². The molecule has 0 bridgehead atoms. The Labute approximate surface area is 97.3 Å². The molecular formula is C13H21N3. The lowest BCUT2D eigenvalue weighted by molar-refractivity contribution is 0.591. The minimum absolute atomic E-state index is 0.742. The van der Waals surface area contributed by atoms with E-state index in [2.05, 4.69) is 16.1 Å². The lowest BCUT2D eigenvalue weighted by atomic mass is 10.1. The van der Waals surface area contributed by atoms with Gasteiger partial charge in [-0.2, -0.15) is 0 Å². The highest BCUT2D eigenvalue weighted by atomic mass is 15.1. The quantitative estimate of drug-likeness (QED) is 0.843. The van der Waals surface area contributed by atoms with Crippen LogP contribution in [0.2, 0.25) is 0 Å². The van der Waals surface area contributed by atoms with Gasteiger partial charge in [-0.05, 0) is 32.7 Å². The average molecular weight is 219 g/mol. The van der Waals surface area contributed by atoms with Gasteiger partial charge in [0.25, 0.3) is 0 Å². The summed E-state index contributed by atoms with van der Waals surface area (Å²) in [5.74, 6) is 2.12. The largest absolute Gasteiger partial charge is 0.331 e. The minimum Gasteiger partial charge on any atom is -0.331 e. The number of hydrogen-bond acceptors (Lipinski definition) is 2. The third-order valence-electron chi connectivity index (χ3n) is 3.83. The van der Waals surface area contributed by atoms with Crippen LogP contribution in [0.4, 0.5) is 0 Å². The number of nitrogens with zero attached hydrogens (tertiary/aromatic N) is 2. The van der Waals surface area contributed by atoms with E-state index in [4.69, 9.17) is 4.98 Å². The Morgan fingerprint density at radius 1 is 1.31 bits per heavy atom. The van der Waals surface area contributed by atoms with Gasteiger partial charge in [0.15, 0.2) is 0 Å². The van der Waals surface area contributed by atoms with E-state index in [1.165, 1.54) is 50.0 Å². The summed E-state index contributed by atoms with van der Waals surface area (Å²) in [6.07, 6.45) is 10.5. The molecule has 0 atom stereocenters. The first-order valence-electron chi connectivity index (χ1n) is 6.60. The molecule has 1 aromatic heterocycles. The van der Waals surface area contributed by atoms with Gasteiger partial charge in [0.05, 0.1) is 5.69 Å². The summed E-state index contributed by atoms with van der Waals surface area (Å²) < 4.78 is 2.47. The highest BCUT2D eigenvalue weighted by molar-refractivity contribution is 5.12. The van der Waals surface area contributed by atoms with E-state index in [-0.39, 0.29) is 0 Å². The first-order chi connectivity index (χ1) is 7.88. The van der Waals surface area contributed by atoms with Crippen molar-refractivity contribution in [2.24, 2.45) is 0 Å². The third kappa shape index (κ3) is 1.88. The van der Waals surface area contributed by atoms with Crippen LogP contribution in [0.5, 0.6) is 0 Å². The Kier molecular flexibility index (Phi) is 2.72. The number of rotatable bonds is 4. The Morgan fingerprint density at radius 2 is 2.06 bits per heavy atom. The van der Waals surface area contributed by atoms with Gasteiger partial charge in [-0.15, -0.1) is 0 Å². The van der Waals surface area contributed by atoms with E-state index in [9.17, 15) is 0 Å². The van der Waals surface area contributed by atoms with Crippen molar-refractivity contribution in [3.63, 3.8) is 0 Å². The monoisotopic (exact) mass is 219 g/mol. The van der Waals surface area contributed by atoms with Crippen LogP contribution >= 0.6 is 0 Å². The molecule has 1 N–H and O–H groups in total. The maximum Gasteiger partial charge on any atom is 0.112 e. The van der Waals surface area contributed by atoms with Crippen LogP contribution < -0.4 is 5.32 Å². The first-order valence-corrected chi connectivity index (χ1v) is 6.60. The number of imidazole rings is 1. The molecule has 0 unspecified atom stereocenters. The molecule has 0 spiro atoms. The van der Waals surface area contributed by atoms with Crippen LogP contribution in [0.25, 0.3) is 0 Å². The normalized spacial score (nSPS) is 21.8. The lowest BCUT2D eigenvalue weighted by Crippen LogP contribution is -2.06. The van der Waals surface area contributed by atoms with Gasteiger partial charge in [-0.25, -0.2) is 4.98 Å². The molecule has 0 saturated heterocycles. The molecule has 1 heterocycles. The maximum atomic E-state index is 4.84. The summed E-state index contributed by atoms with van der Waals surface area (Å²) in [5, 5.41) is 3.20. The summed E-state index contributed by atoms with van der Waals surface area (Å²) in [6, 6.07) is 0.772. The molecule has 0 amide bonds. The number of aromatic nitrogens is 2. The fraction of sp³-hybridized carbons (Fsp3) is 0.769. The predicted molar refractivity (Wildman–Crippen MR) is 64.5 cm³/mol. The van der Waals surface area contributed by atoms with E-state index in [0.29, 0.717) is 0 Å². The van der Waals surface area contributed by atoms with Gasteiger partial charge in [-0.3, -0.25) is 0 Å². The second-order valence-electron chi connectivity index (χ2n) is 5.24. The maximum absolute atomic E-state index is 4.84. The van der Waals surface area contributed by atoms with E-state index >= 15 is 0 Å². The van der Waals surface area contributed by atoms with Crippen LogP contribution in [0.1, 0.15) is 62.0 Å². The second kappa shape index (κ2) is 4.21. The number of hydrogen-bond donors (Lipinski definition) is 1. The Balaban J connectivity index is 1.87. The molecule has 16 heavy (non-hydrogen) atoms. The first kappa shape index (κ1) is 10.3. The molecule has 2 aliphatic rings. The minimum atomic E-state index is 0.742. The molecule has 2 fully saturated rings. The van der Waals surface area contributed by atoms with Crippen molar-refractivity contribution in [1.29, 1.82) is 0 Å². The molecule has 3 heteroatoms. The highest BCUT2D eigenvalue weighted by Gasteiger charge is 2.30. The molecule has 0 aromatic carbocycles. The van der Waals surface area contributed by atoms with Crippen LogP contribution in [0.15, 0.2) is 6.20 Å². The van der Waals surface area contributed by atoms with E-state index in [0.717, 1.165) is 18.5 Å². The SMILES string of the molecule is CNCc1cn(C2CC2)c(C2CCCC2)n1. The number of nitrogens with one attached hydrogen (secondary N) is 1. The summed E-state index contributed by atoms with van der Waals surface area (Å²) >= 11 is 0. The zero-order valence-electron chi connectivity index (χ0n) is 10.1. The van der Waals surface area contributed by atoms with Crippen molar-refractivity contribution in [2.45, 2.75) is 57.0 Å². The van der Waals surface area contributed by atoms with Crippen LogP contribution in [0, 0.1) is 0 Å². The summed E-state index contributed by atoms with van der Waals surface area (Å²) in [7, 11) is 1.99. The Hall–Kier alpha value is -0.830. The molecule has 0 radical (unpaired) electrons. The molecule has 3 rings (SSSR count). The fourth-order valence-electron chi connectivity index (χ4n) is 2.86. The average Bonchev–Trinajstić information content (AvgIpc) is 2.83. The lowest BCUT2D eigenvalue weighted by Gasteiger charge is -2.11. The van der Waals surface area contributed by atoms with Crippen molar-refractivity contribution in [3.8, 4) is 0 Å². The predicted octanol–water partition coefficient (Wildman–Crippen LogP) is 2.60. The van der Waals surface area contributed by atoms with Crippen LogP contribution in [0.3, 0.4) is 0 Å². The van der Waals surface area contributed by atoms with Crippen molar-refractivity contribution >= 4 is 0 Å². The molecule has 1 aromatic rings. The standard InChI is InChI=1S/C13H21N3/c1-14-8-11-9-16(12-6-7-12)13(15-11)10-4-2-3-5-10/h9-10,12,14H,2-8H2,1H3. The smallest absolute Gasteiger partial charge is 0.112 e. The van der Waals surface area contributed by atoms with Crippen molar-refractivity contribution in [1.82, 2.24) is 14.9 Å². The van der Waals surface area contributed by atoms with E-state index in [1.807, 2.05) is 7.05 Å². The van der Waals surface area contributed by atoms with E-state index < -0.39 is 0 Å². The molecule has 3 nitrogen and oxygen atoms in total. The molecular weight excluding hydrogens is 198 g/mol. The summed E-state index contributed by atoms with van der Waals surface area (Å²) in [6.45, 7) is 0.902. The van der Waals surface area contributed by atoms with Gasteiger partial charge in [-0.1, -0.05) is 12.8 Å². The van der Waals surface area contributed by atoms with Gasteiger partial charge in [0.2, 0.25) is 0 Å². The van der Waals surface area contributed by atoms with Gasteiger partial charge >= 0.3 is 0 Å². The van der Waals surface area contributed by atoms with Crippen molar-refractivity contribution < 1.29 is 0 Å². The fourth-order valence-corrected chi connectivity index (χ4v) is 2.86. The molecule has 2 aliphatic carbocycles. The second-order valence-corrected chi connectivity index (χ2v) is 5.24.